The molecule has 27 heavy (non-hydrogen) atoms. The number of benzene rings is 2. The van der Waals surface area contributed by atoms with Gasteiger partial charge in [-0.2, -0.15) is 0 Å². The summed E-state index contributed by atoms with van der Waals surface area (Å²) in [4.78, 5) is 19.1. The molecule has 2 heterocycles. The lowest BCUT2D eigenvalue weighted by atomic mass is 9.91. The summed E-state index contributed by atoms with van der Waals surface area (Å²) in [6, 6.07) is 19.0. The molecule has 1 fully saturated rings. The van der Waals surface area contributed by atoms with E-state index in [9.17, 15) is 9.90 Å². The van der Waals surface area contributed by atoms with Crippen LogP contribution in [0.1, 0.15) is 23.8 Å². The van der Waals surface area contributed by atoms with Gasteiger partial charge in [-0.3, -0.25) is 9.78 Å². The third kappa shape index (κ3) is 3.51. The number of ether oxygens (including phenoxy) is 1. The SMILES string of the molecule is C[C@]1(O)CN(C(=O)c2nccc3ccccc23)CC[C@@H]1Oc1ccccc1. The summed E-state index contributed by atoms with van der Waals surface area (Å²) in [6.07, 6.45) is 1.83. The fourth-order valence-corrected chi connectivity index (χ4v) is 3.61. The summed E-state index contributed by atoms with van der Waals surface area (Å²) < 4.78 is 5.97. The van der Waals surface area contributed by atoms with Crippen LogP contribution >= 0.6 is 0 Å². The lowest BCUT2D eigenvalue weighted by Crippen LogP contribution is -2.58. The van der Waals surface area contributed by atoms with E-state index in [0.717, 1.165) is 16.5 Å². The Kier molecular flexibility index (Phi) is 4.54. The number of para-hydroxylation sites is 1. The van der Waals surface area contributed by atoms with Gasteiger partial charge in [0.25, 0.3) is 5.91 Å². The van der Waals surface area contributed by atoms with Crippen LogP contribution in [0.3, 0.4) is 0 Å². The summed E-state index contributed by atoms with van der Waals surface area (Å²) in [7, 11) is 0. The number of aromatic nitrogens is 1. The third-order valence-electron chi connectivity index (χ3n) is 5.05. The van der Waals surface area contributed by atoms with E-state index in [-0.39, 0.29) is 18.6 Å². The number of β-amino-alcohol motifs (C(OH)–C–C–N with tert-alkyl or cyclic N) is 1. The molecule has 0 saturated carbocycles. The topological polar surface area (TPSA) is 62.7 Å². The Hall–Kier alpha value is -2.92. The molecule has 1 aliphatic rings. The van der Waals surface area contributed by atoms with Gasteiger partial charge in [0.2, 0.25) is 0 Å². The minimum absolute atomic E-state index is 0.162. The number of nitrogens with zero attached hydrogens (tertiary/aromatic N) is 2. The van der Waals surface area contributed by atoms with Gasteiger partial charge >= 0.3 is 0 Å². The van der Waals surface area contributed by atoms with E-state index in [4.69, 9.17) is 4.74 Å². The van der Waals surface area contributed by atoms with Gasteiger partial charge in [0, 0.05) is 24.5 Å². The highest BCUT2D eigenvalue weighted by Gasteiger charge is 2.41. The summed E-state index contributed by atoms with van der Waals surface area (Å²) in [5.74, 6) is 0.559. The molecule has 0 radical (unpaired) electrons. The largest absolute Gasteiger partial charge is 0.487 e. The van der Waals surface area contributed by atoms with Crippen LogP contribution < -0.4 is 4.74 Å². The average Bonchev–Trinajstić information content (AvgIpc) is 2.69. The van der Waals surface area contributed by atoms with E-state index < -0.39 is 5.60 Å². The van der Waals surface area contributed by atoms with Gasteiger partial charge in [0.15, 0.2) is 0 Å². The van der Waals surface area contributed by atoms with Crippen molar-refractivity contribution >= 4 is 16.7 Å². The smallest absolute Gasteiger partial charge is 0.273 e. The van der Waals surface area contributed by atoms with Crippen LogP contribution in [0.4, 0.5) is 0 Å². The molecule has 1 amide bonds. The zero-order chi connectivity index (χ0) is 18.9. The van der Waals surface area contributed by atoms with Crippen molar-refractivity contribution in [1.29, 1.82) is 0 Å². The van der Waals surface area contributed by atoms with E-state index in [1.165, 1.54) is 0 Å². The number of pyridine rings is 1. The molecule has 0 bridgehead atoms. The molecule has 2 aromatic carbocycles. The van der Waals surface area contributed by atoms with E-state index in [2.05, 4.69) is 4.98 Å². The quantitative estimate of drug-likeness (QED) is 0.777. The van der Waals surface area contributed by atoms with Crippen molar-refractivity contribution in [1.82, 2.24) is 9.88 Å². The Morgan fingerprint density at radius 3 is 2.67 bits per heavy atom. The number of hydrogen-bond donors (Lipinski definition) is 1. The second-order valence-corrected chi connectivity index (χ2v) is 7.17. The Balaban J connectivity index is 1.54. The molecule has 2 atom stereocenters. The fraction of sp³-hybridized carbons (Fsp3) is 0.273. The van der Waals surface area contributed by atoms with Crippen molar-refractivity contribution in [2.45, 2.75) is 25.0 Å². The Bertz CT molecular complexity index is 951. The van der Waals surface area contributed by atoms with Crippen LogP contribution in [0.25, 0.3) is 10.8 Å². The molecule has 1 N–H and O–H groups in total. The van der Waals surface area contributed by atoms with Crippen LogP contribution in [0.5, 0.6) is 5.75 Å². The molecule has 0 aliphatic carbocycles. The number of hydrogen-bond acceptors (Lipinski definition) is 4. The first-order valence-corrected chi connectivity index (χ1v) is 9.12. The lowest BCUT2D eigenvalue weighted by Gasteiger charge is -2.42. The predicted molar refractivity (Wildman–Crippen MR) is 104 cm³/mol. The summed E-state index contributed by atoms with van der Waals surface area (Å²) in [6.45, 7) is 2.43. The summed E-state index contributed by atoms with van der Waals surface area (Å²) in [5.41, 5.74) is -0.722. The molecule has 1 aliphatic heterocycles. The molecule has 138 valence electrons. The zero-order valence-corrected chi connectivity index (χ0v) is 15.2. The van der Waals surface area contributed by atoms with E-state index in [0.29, 0.717) is 18.7 Å². The van der Waals surface area contributed by atoms with Gasteiger partial charge in [0.05, 0.1) is 6.54 Å². The number of carbonyl (C=O) groups is 1. The van der Waals surface area contributed by atoms with Crippen LogP contribution in [-0.4, -0.2) is 45.7 Å². The molecule has 1 aromatic heterocycles. The summed E-state index contributed by atoms with van der Waals surface area (Å²) >= 11 is 0. The highest BCUT2D eigenvalue weighted by Crippen LogP contribution is 2.28. The van der Waals surface area contributed by atoms with Gasteiger partial charge in [-0.05, 0) is 30.5 Å². The molecule has 5 nitrogen and oxygen atoms in total. The second kappa shape index (κ2) is 7.00. The first-order valence-electron chi connectivity index (χ1n) is 9.12. The average molecular weight is 362 g/mol. The lowest BCUT2D eigenvalue weighted by molar-refractivity contribution is -0.0899. The number of amides is 1. The monoisotopic (exact) mass is 362 g/mol. The maximum Gasteiger partial charge on any atom is 0.273 e. The van der Waals surface area contributed by atoms with Crippen molar-refractivity contribution < 1.29 is 14.6 Å². The van der Waals surface area contributed by atoms with Crippen LogP contribution in [0.15, 0.2) is 66.9 Å². The number of aliphatic hydroxyl groups is 1. The number of carbonyl (C=O) groups excluding carboxylic acids is 1. The zero-order valence-electron chi connectivity index (χ0n) is 15.2. The highest BCUT2D eigenvalue weighted by molar-refractivity contribution is 6.05. The van der Waals surface area contributed by atoms with E-state index >= 15 is 0 Å². The maximum absolute atomic E-state index is 13.1. The Labute approximate surface area is 158 Å². The first-order chi connectivity index (χ1) is 13.0. The van der Waals surface area contributed by atoms with Crippen molar-refractivity contribution in [3.63, 3.8) is 0 Å². The predicted octanol–water partition coefficient (Wildman–Crippen LogP) is 3.28. The normalized spacial score (nSPS) is 22.6. The number of rotatable bonds is 3. The van der Waals surface area contributed by atoms with Crippen molar-refractivity contribution in [3.8, 4) is 5.75 Å². The van der Waals surface area contributed by atoms with E-state index in [1.807, 2.05) is 60.7 Å². The van der Waals surface area contributed by atoms with Gasteiger partial charge in [-0.25, -0.2) is 0 Å². The molecular weight excluding hydrogens is 340 g/mol. The number of piperidine rings is 1. The van der Waals surface area contributed by atoms with Gasteiger partial charge < -0.3 is 14.7 Å². The van der Waals surface area contributed by atoms with Crippen LogP contribution in [0.2, 0.25) is 0 Å². The molecule has 0 spiro atoms. The third-order valence-corrected chi connectivity index (χ3v) is 5.05. The van der Waals surface area contributed by atoms with Crippen molar-refractivity contribution in [3.05, 3.63) is 72.6 Å². The van der Waals surface area contributed by atoms with Crippen molar-refractivity contribution in [2.24, 2.45) is 0 Å². The van der Waals surface area contributed by atoms with Crippen LogP contribution in [0, 0.1) is 0 Å². The first kappa shape index (κ1) is 17.5. The standard InChI is InChI=1S/C22H22N2O3/c1-22(26)15-24(14-12-19(22)27-17-8-3-2-4-9-17)21(25)20-18-10-6-5-7-16(18)11-13-23-20/h2-11,13,19,26H,12,14-15H2,1H3/t19-,22-/m0/s1. The maximum atomic E-state index is 13.1. The molecule has 3 aromatic rings. The highest BCUT2D eigenvalue weighted by atomic mass is 16.5. The molecule has 5 heteroatoms. The molecule has 4 rings (SSSR count). The van der Waals surface area contributed by atoms with Gasteiger partial charge in [-0.15, -0.1) is 0 Å². The van der Waals surface area contributed by atoms with E-state index in [1.54, 1.807) is 18.0 Å². The number of likely N-dealkylation sites (tertiary alicyclic amines) is 1. The summed E-state index contributed by atoms with van der Waals surface area (Å²) in [5, 5.41) is 12.7. The van der Waals surface area contributed by atoms with Crippen molar-refractivity contribution in [2.75, 3.05) is 13.1 Å². The Morgan fingerprint density at radius 2 is 1.89 bits per heavy atom. The number of fused-ring (bicyclic) bond motifs is 1. The van der Waals surface area contributed by atoms with Crippen LogP contribution in [-0.2, 0) is 0 Å². The molecular formula is C22H22N2O3. The van der Waals surface area contributed by atoms with Gasteiger partial charge in [-0.1, -0.05) is 42.5 Å². The fourth-order valence-electron chi connectivity index (χ4n) is 3.61. The second-order valence-electron chi connectivity index (χ2n) is 7.17. The minimum Gasteiger partial charge on any atom is -0.487 e. The minimum atomic E-state index is -1.14. The van der Waals surface area contributed by atoms with Gasteiger partial charge in [0.1, 0.15) is 23.1 Å². The Morgan fingerprint density at radius 1 is 1.15 bits per heavy atom. The molecule has 1 saturated heterocycles. The molecule has 0 unspecified atom stereocenters.